The minimum Gasteiger partial charge on any atom is -0.454 e. The van der Waals surface area contributed by atoms with Crippen molar-refractivity contribution in [1.29, 1.82) is 0 Å². The van der Waals surface area contributed by atoms with Gasteiger partial charge in [0.15, 0.2) is 6.61 Å². The van der Waals surface area contributed by atoms with E-state index >= 15 is 0 Å². The molecular formula is C16H25N3O5. The highest BCUT2D eigenvalue weighted by Crippen LogP contribution is 2.22. The first kappa shape index (κ1) is 18.2. The Balaban J connectivity index is 1.86. The van der Waals surface area contributed by atoms with Gasteiger partial charge in [-0.05, 0) is 47.0 Å². The lowest BCUT2D eigenvalue weighted by molar-refractivity contribution is -0.156. The van der Waals surface area contributed by atoms with Crippen molar-refractivity contribution < 1.29 is 23.9 Å². The minimum atomic E-state index is -1.04. The van der Waals surface area contributed by atoms with Crippen LogP contribution in [0.5, 0.6) is 0 Å². The Morgan fingerprint density at radius 3 is 2.29 bits per heavy atom. The van der Waals surface area contributed by atoms with E-state index in [0.717, 1.165) is 24.2 Å². The van der Waals surface area contributed by atoms with E-state index in [0.29, 0.717) is 0 Å². The Morgan fingerprint density at radius 1 is 1.21 bits per heavy atom. The normalized spacial score (nSPS) is 26.3. The molecule has 2 fully saturated rings. The van der Waals surface area contributed by atoms with Gasteiger partial charge in [-0.1, -0.05) is 0 Å². The number of carbonyl (C=O) groups excluding carboxylic acids is 4. The summed E-state index contributed by atoms with van der Waals surface area (Å²) < 4.78 is 4.98. The lowest BCUT2D eigenvalue weighted by Gasteiger charge is -2.38. The molecule has 2 heterocycles. The second-order valence-electron chi connectivity index (χ2n) is 7.04. The summed E-state index contributed by atoms with van der Waals surface area (Å²) >= 11 is 0. The molecule has 2 aliphatic heterocycles. The lowest BCUT2D eigenvalue weighted by atomic mass is 9.97. The molecule has 0 aliphatic carbocycles. The number of esters is 1. The van der Waals surface area contributed by atoms with Crippen LogP contribution in [0.25, 0.3) is 0 Å². The maximum Gasteiger partial charge on any atom is 0.326 e. The number of hydrogen-bond donors (Lipinski definition) is 1. The third kappa shape index (κ3) is 3.68. The minimum absolute atomic E-state index is 0.117. The molecule has 0 unspecified atom stereocenters. The lowest BCUT2D eigenvalue weighted by Crippen LogP contribution is -2.49. The van der Waals surface area contributed by atoms with Crippen LogP contribution in [0.1, 0.15) is 47.0 Å². The Bertz CT molecular complexity index is 550. The number of carbonyl (C=O) groups is 4. The number of ether oxygens (including phenoxy) is 1. The maximum atomic E-state index is 12.3. The number of hydrogen-bond acceptors (Lipinski definition) is 5. The van der Waals surface area contributed by atoms with Crippen molar-refractivity contribution in [2.75, 3.05) is 13.2 Å². The van der Waals surface area contributed by atoms with Gasteiger partial charge < -0.3 is 15.0 Å². The van der Waals surface area contributed by atoms with E-state index < -0.39 is 30.0 Å². The van der Waals surface area contributed by atoms with Crippen LogP contribution in [0, 0.1) is 0 Å². The Labute approximate surface area is 141 Å². The summed E-state index contributed by atoms with van der Waals surface area (Å²) in [6, 6.07) is -0.398. The van der Waals surface area contributed by atoms with E-state index in [2.05, 4.69) is 5.32 Å². The van der Waals surface area contributed by atoms with E-state index in [4.69, 9.17) is 4.74 Å². The van der Waals surface area contributed by atoms with Crippen LogP contribution in [-0.4, -0.2) is 64.4 Å². The molecule has 2 saturated heterocycles. The molecule has 2 atom stereocenters. The summed E-state index contributed by atoms with van der Waals surface area (Å²) in [5.41, 5.74) is -1.04. The summed E-state index contributed by atoms with van der Waals surface area (Å²) in [6.45, 7) is 6.20. The standard InChI is InChI=1S/C16H25N3O5/c1-10-6-5-7-11(2)19(10)12(20)9-24-13(21)8-18-14(22)16(3,4)17-15(18)23/h10-11H,5-9H2,1-4H3,(H,17,23)/t10-,11-/m0/s1. The molecule has 134 valence electrons. The zero-order chi connectivity index (χ0) is 18.1. The van der Waals surface area contributed by atoms with E-state index in [1.807, 2.05) is 13.8 Å². The Kier molecular flexibility index (Phi) is 5.15. The fourth-order valence-corrected chi connectivity index (χ4v) is 3.27. The number of amides is 4. The van der Waals surface area contributed by atoms with Crippen LogP contribution in [0.2, 0.25) is 0 Å². The largest absolute Gasteiger partial charge is 0.454 e. The fourth-order valence-electron chi connectivity index (χ4n) is 3.27. The first-order chi connectivity index (χ1) is 11.1. The second kappa shape index (κ2) is 6.78. The van der Waals surface area contributed by atoms with Gasteiger partial charge in [-0.3, -0.25) is 19.3 Å². The summed E-state index contributed by atoms with van der Waals surface area (Å²) in [5, 5.41) is 2.48. The number of imide groups is 1. The zero-order valence-corrected chi connectivity index (χ0v) is 14.6. The Hall–Kier alpha value is -2.12. The smallest absolute Gasteiger partial charge is 0.326 e. The van der Waals surface area contributed by atoms with Crippen LogP contribution < -0.4 is 5.32 Å². The summed E-state index contributed by atoms with van der Waals surface area (Å²) in [7, 11) is 0. The molecule has 0 aromatic heterocycles. The van der Waals surface area contributed by atoms with Crippen LogP contribution in [0.3, 0.4) is 0 Å². The number of nitrogens with one attached hydrogen (secondary N) is 1. The van der Waals surface area contributed by atoms with Crippen molar-refractivity contribution in [1.82, 2.24) is 15.1 Å². The first-order valence-corrected chi connectivity index (χ1v) is 8.24. The molecule has 1 N–H and O–H groups in total. The number of rotatable bonds is 4. The van der Waals surface area contributed by atoms with Gasteiger partial charge in [0.25, 0.3) is 11.8 Å². The topological polar surface area (TPSA) is 96.0 Å². The van der Waals surface area contributed by atoms with Crippen molar-refractivity contribution in [3.8, 4) is 0 Å². The molecule has 4 amide bonds. The van der Waals surface area contributed by atoms with Gasteiger partial charge in [-0.2, -0.15) is 0 Å². The first-order valence-electron chi connectivity index (χ1n) is 8.24. The van der Waals surface area contributed by atoms with Crippen LogP contribution in [-0.2, 0) is 19.1 Å². The highest BCUT2D eigenvalue weighted by atomic mass is 16.5. The van der Waals surface area contributed by atoms with Crippen LogP contribution in [0.15, 0.2) is 0 Å². The van der Waals surface area contributed by atoms with Gasteiger partial charge in [0.2, 0.25) is 0 Å². The van der Waals surface area contributed by atoms with E-state index in [1.165, 1.54) is 0 Å². The number of nitrogens with zero attached hydrogens (tertiary/aromatic N) is 2. The monoisotopic (exact) mass is 339 g/mol. The molecule has 0 spiro atoms. The molecule has 0 aromatic rings. The third-order valence-electron chi connectivity index (χ3n) is 4.57. The zero-order valence-electron chi connectivity index (χ0n) is 14.6. The van der Waals surface area contributed by atoms with Crippen LogP contribution in [0.4, 0.5) is 4.79 Å². The summed E-state index contributed by atoms with van der Waals surface area (Å²) in [5.74, 6) is -1.52. The molecule has 0 bridgehead atoms. The maximum absolute atomic E-state index is 12.3. The van der Waals surface area contributed by atoms with Gasteiger partial charge in [-0.15, -0.1) is 0 Å². The van der Waals surface area contributed by atoms with Crippen molar-refractivity contribution in [3.05, 3.63) is 0 Å². The van der Waals surface area contributed by atoms with Gasteiger partial charge in [0.05, 0.1) is 0 Å². The molecule has 2 rings (SSSR count). The fraction of sp³-hybridized carbons (Fsp3) is 0.750. The summed E-state index contributed by atoms with van der Waals surface area (Å²) in [6.07, 6.45) is 2.94. The quantitative estimate of drug-likeness (QED) is 0.599. The molecule has 8 nitrogen and oxygen atoms in total. The molecular weight excluding hydrogens is 314 g/mol. The molecule has 0 saturated carbocycles. The molecule has 0 radical (unpaired) electrons. The predicted octanol–water partition coefficient (Wildman–Crippen LogP) is 0.650. The molecule has 2 aliphatic rings. The van der Waals surface area contributed by atoms with Gasteiger partial charge >= 0.3 is 12.0 Å². The SMILES string of the molecule is C[C@H]1CCC[C@H](C)N1C(=O)COC(=O)CN1C(=O)NC(C)(C)C1=O. The summed E-state index contributed by atoms with van der Waals surface area (Å²) in [4.78, 5) is 50.4. The number of likely N-dealkylation sites (tertiary alicyclic amines) is 1. The third-order valence-corrected chi connectivity index (χ3v) is 4.57. The van der Waals surface area contributed by atoms with Crippen LogP contribution >= 0.6 is 0 Å². The Morgan fingerprint density at radius 2 is 1.79 bits per heavy atom. The average Bonchev–Trinajstić information content (AvgIpc) is 2.67. The van der Waals surface area contributed by atoms with Gasteiger partial charge in [0, 0.05) is 12.1 Å². The highest BCUT2D eigenvalue weighted by molar-refractivity contribution is 6.08. The molecule has 8 heteroatoms. The van der Waals surface area contributed by atoms with E-state index in [1.54, 1.807) is 18.7 Å². The second-order valence-corrected chi connectivity index (χ2v) is 7.04. The van der Waals surface area contributed by atoms with E-state index in [-0.39, 0.29) is 24.6 Å². The van der Waals surface area contributed by atoms with Gasteiger partial charge in [0.1, 0.15) is 12.1 Å². The van der Waals surface area contributed by atoms with Crippen molar-refractivity contribution in [2.24, 2.45) is 0 Å². The molecule has 0 aromatic carbocycles. The van der Waals surface area contributed by atoms with Gasteiger partial charge in [-0.25, -0.2) is 4.79 Å². The van der Waals surface area contributed by atoms with Crippen molar-refractivity contribution in [2.45, 2.75) is 64.6 Å². The predicted molar refractivity (Wildman–Crippen MR) is 84.9 cm³/mol. The average molecular weight is 339 g/mol. The van der Waals surface area contributed by atoms with Crippen molar-refractivity contribution >= 4 is 23.8 Å². The highest BCUT2D eigenvalue weighted by Gasteiger charge is 2.45. The van der Waals surface area contributed by atoms with E-state index in [9.17, 15) is 19.2 Å². The number of urea groups is 1. The van der Waals surface area contributed by atoms with Crippen molar-refractivity contribution in [3.63, 3.8) is 0 Å². The molecule has 24 heavy (non-hydrogen) atoms. The number of piperidine rings is 1.